The number of anilines is 1. The molecule has 0 radical (unpaired) electrons. The Labute approximate surface area is 191 Å². The van der Waals surface area contributed by atoms with Crippen molar-refractivity contribution < 1.29 is 4.79 Å². The third kappa shape index (κ3) is 11.9. The van der Waals surface area contributed by atoms with Crippen molar-refractivity contribution in [1.82, 2.24) is 10.6 Å². The molecule has 6 N–H and O–H groups in total. The number of nitrogens with two attached hydrogens (primary N) is 2. The van der Waals surface area contributed by atoms with Gasteiger partial charge < -0.3 is 27.0 Å². The van der Waals surface area contributed by atoms with Crippen molar-refractivity contribution in [2.24, 2.45) is 11.5 Å². The third-order valence-corrected chi connectivity index (χ3v) is 4.85. The average molecular weight is 469 g/mol. The molecule has 1 atom stereocenters. The number of carbonyl (C=O) groups is 1. The SMILES string of the molecule is Cl.NCCCNC(CCCN)C(=O)NCCc1ccc(N(CCCl)CCCl)cc1. The summed E-state index contributed by atoms with van der Waals surface area (Å²) in [7, 11) is 0. The number of nitrogens with zero attached hydrogens (tertiary/aromatic N) is 1. The van der Waals surface area contributed by atoms with E-state index in [9.17, 15) is 4.79 Å². The summed E-state index contributed by atoms with van der Waals surface area (Å²) >= 11 is 11.7. The Morgan fingerprint density at radius 2 is 1.62 bits per heavy atom. The first-order valence-electron chi connectivity index (χ1n) is 10.0. The number of nitrogens with one attached hydrogen (secondary N) is 2. The Hall–Kier alpha value is -0.760. The zero-order chi connectivity index (χ0) is 20.6. The second-order valence-electron chi connectivity index (χ2n) is 6.65. The molecule has 168 valence electrons. The van der Waals surface area contributed by atoms with E-state index in [1.165, 1.54) is 5.56 Å². The van der Waals surface area contributed by atoms with E-state index in [4.69, 9.17) is 34.7 Å². The molecule has 1 amide bonds. The second kappa shape index (κ2) is 18.0. The fourth-order valence-corrected chi connectivity index (χ4v) is 3.33. The second-order valence-corrected chi connectivity index (χ2v) is 7.41. The Kier molecular flexibility index (Phi) is 17.6. The maximum Gasteiger partial charge on any atom is 0.237 e. The summed E-state index contributed by atoms with van der Waals surface area (Å²) in [4.78, 5) is 14.6. The van der Waals surface area contributed by atoms with Gasteiger partial charge in [0.2, 0.25) is 5.91 Å². The van der Waals surface area contributed by atoms with Crippen LogP contribution in [-0.2, 0) is 11.2 Å². The van der Waals surface area contributed by atoms with Crippen LogP contribution in [0.3, 0.4) is 0 Å². The number of hydrogen-bond donors (Lipinski definition) is 4. The van der Waals surface area contributed by atoms with Gasteiger partial charge in [0, 0.05) is 37.1 Å². The lowest BCUT2D eigenvalue weighted by atomic mass is 10.1. The molecule has 1 aromatic carbocycles. The summed E-state index contributed by atoms with van der Waals surface area (Å²) < 4.78 is 0. The largest absolute Gasteiger partial charge is 0.369 e. The molecule has 0 aliphatic heterocycles. The number of alkyl halides is 2. The van der Waals surface area contributed by atoms with Gasteiger partial charge in [0.15, 0.2) is 0 Å². The molecule has 0 heterocycles. The molecule has 0 fully saturated rings. The Balaban J connectivity index is 0.00000784. The molecular weight excluding hydrogens is 433 g/mol. The van der Waals surface area contributed by atoms with E-state index in [2.05, 4.69) is 39.8 Å². The summed E-state index contributed by atoms with van der Waals surface area (Å²) in [5.74, 6) is 1.16. The van der Waals surface area contributed by atoms with Gasteiger partial charge in [-0.05, 0) is 63.0 Å². The molecule has 0 spiro atoms. The Morgan fingerprint density at radius 3 is 2.17 bits per heavy atom. The lowest BCUT2D eigenvalue weighted by Gasteiger charge is -2.23. The van der Waals surface area contributed by atoms with Crippen LogP contribution in [0, 0.1) is 0 Å². The van der Waals surface area contributed by atoms with Crippen LogP contribution in [0.4, 0.5) is 5.69 Å². The fourth-order valence-electron chi connectivity index (χ4n) is 2.93. The fraction of sp³-hybridized carbons (Fsp3) is 0.650. The van der Waals surface area contributed by atoms with Crippen LogP contribution in [0.5, 0.6) is 0 Å². The highest BCUT2D eigenvalue weighted by Gasteiger charge is 2.16. The minimum atomic E-state index is -0.211. The first-order valence-corrected chi connectivity index (χ1v) is 11.1. The Bertz CT molecular complexity index is 527. The van der Waals surface area contributed by atoms with Crippen molar-refractivity contribution in [3.63, 3.8) is 0 Å². The molecule has 9 heteroatoms. The predicted octanol–water partition coefficient (Wildman–Crippen LogP) is 2.10. The zero-order valence-corrected chi connectivity index (χ0v) is 19.4. The monoisotopic (exact) mass is 467 g/mol. The number of rotatable bonds is 16. The molecule has 29 heavy (non-hydrogen) atoms. The van der Waals surface area contributed by atoms with E-state index >= 15 is 0 Å². The van der Waals surface area contributed by atoms with Crippen LogP contribution in [0.2, 0.25) is 0 Å². The number of amides is 1. The summed E-state index contributed by atoms with van der Waals surface area (Å²) in [6, 6.07) is 8.12. The maximum atomic E-state index is 12.4. The summed E-state index contributed by atoms with van der Waals surface area (Å²) in [6.07, 6.45) is 3.18. The minimum absolute atomic E-state index is 0. The van der Waals surface area contributed by atoms with E-state index in [-0.39, 0.29) is 24.4 Å². The van der Waals surface area contributed by atoms with Gasteiger partial charge in [-0.2, -0.15) is 0 Å². The van der Waals surface area contributed by atoms with Gasteiger partial charge in [-0.25, -0.2) is 0 Å². The van der Waals surface area contributed by atoms with E-state index in [0.717, 1.165) is 51.0 Å². The maximum absolute atomic E-state index is 12.4. The molecule has 0 saturated heterocycles. The van der Waals surface area contributed by atoms with Crippen molar-refractivity contribution in [3.8, 4) is 0 Å². The zero-order valence-electron chi connectivity index (χ0n) is 17.0. The molecule has 1 rings (SSSR count). The molecule has 1 unspecified atom stereocenters. The Morgan fingerprint density at radius 1 is 1.00 bits per heavy atom. The van der Waals surface area contributed by atoms with Gasteiger partial charge in [0.25, 0.3) is 0 Å². The van der Waals surface area contributed by atoms with Gasteiger partial charge in [0.1, 0.15) is 0 Å². The van der Waals surface area contributed by atoms with Gasteiger partial charge >= 0.3 is 0 Å². The molecule has 0 bridgehead atoms. The van der Waals surface area contributed by atoms with Crippen LogP contribution >= 0.6 is 35.6 Å². The number of halogens is 3. The van der Waals surface area contributed by atoms with Gasteiger partial charge in [-0.3, -0.25) is 4.79 Å². The van der Waals surface area contributed by atoms with E-state index in [1.54, 1.807) is 0 Å². The molecule has 6 nitrogen and oxygen atoms in total. The molecule has 0 aromatic heterocycles. The van der Waals surface area contributed by atoms with Crippen LogP contribution < -0.4 is 27.0 Å². The van der Waals surface area contributed by atoms with Crippen molar-refractivity contribution in [2.45, 2.75) is 31.7 Å². The number of benzene rings is 1. The van der Waals surface area contributed by atoms with E-state index < -0.39 is 0 Å². The van der Waals surface area contributed by atoms with Crippen molar-refractivity contribution in [3.05, 3.63) is 29.8 Å². The third-order valence-electron chi connectivity index (χ3n) is 4.51. The van der Waals surface area contributed by atoms with E-state index in [0.29, 0.717) is 31.4 Å². The van der Waals surface area contributed by atoms with E-state index in [1.807, 2.05) is 0 Å². The highest BCUT2D eigenvalue weighted by atomic mass is 35.5. The standard InChI is InChI=1S/C20H35Cl2N5O.ClH/c21-9-15-27(16-10-22)18-6-4-17(5-7-18)8-14-26-20(28)19(3-1-11-23)25-13-2-12-24;/h4-7,19,25H,1-3,8-16,23-24H2,(H,26,28);1H. The van der Waals surface area contributed by atoms with Crippen LogP contribution in [-0.4, -0.2) is 63.0 Å². The normalized spacial score (nSPS) is 11.6. The average Bonchev–Trinajstić information content (AvgIpc) is 2.71. The highest BCUT2D eigenvalue weighted by Crippen LogP contribution is 2.16. The van der Waals surface area contributed by atoms with Crippen molar-refractivity contribution in [2.75, 3.05) is 55.9 Å². The topological polar surface area (TPSA) is 96.4 Å². The molecule has 0 aliphatic rings. The summed E-state index contributed by atoms with van der Waals surface area (Å²) in [5.41, 5.74) is 13.4. The van der Waals surface area contributed by atoms with Crippen LogP contribution in [0.1, 0.15) is 24.8 Å². The van der Waals surface area contributed by atoms with Crippen molar-refractivity contribution >= 4 is 47.2 Å². The van der Waals surface area contributed by atoms with Crippen LogP contribution in [0.15, 0.2) is 24.3 Å². The molecular formula is C20H36Cl3N5O. The summed E-state index contributed by atoms with van der Waals surface area (Å²) in [5, 5.41) is 6.30. The van der Waals surface area contributed by atoms with Crippen LogP contribution in [0.25, 0.3) is 0 Å². The number of carbonyl (C=O) groups excluding carboxylic acids is 1. The van der Waals surface area contributed by atoms with Crippen molar-refractivity contribution in [1.29, 1.82) is 0 Å². The highest BCUT2D eigenvalue weighted by molar-refractivity contribution is 6.18. The lowest BCUT2D eigenvalue weighted by molar-refractivity contribution is -0.123. The lowest BCUT2D eigenvalue weighted by Crippen LogP contribution is -2.45. The quantitative estimate of drug-likeness (QED) is 0.220. The predicted molar refractivity (Wildman–Crippen MR) is 128 cm³/mol. The van der Waals surface area contributed by atoms with Gasteiger partial charge in [0.05, 0.1) is 6.04 Å². The molecule has 1 aromatic rings. The first-order chi connectivity index (χ1) is 13.7. The van der Waals surface area contributed by atoms with Gasteiger partial charge in [-0.1, -0.05) is 12.1 Å². The van der Waals surface area contributed by atoms with Gasteiger partial charge in [-0.15, -0.1) is 35.6 Å². The first kappa shape index (κ1) is 28.2. The number of hydrogen-bond acceptors (Lipinski definition) is 5. The summed E-state index contributed by atoms with van der Waals surface area (Å²) in [6.45, 7) is 4.07. The minimum Gasteiger partial charge on any atom is -0.369 e. The molecule has 0 saturated carbocycles. The molecule has 0 aliphatic carbocycles. The smallest absolute Gasteiger partial charge is 0.237 e.